The molecular weight excluding hydrogens is 162 g/mol. The van der Waals surface area contributed by atoms with Crippen LogP contribution in [0.2, 0.25) is 0 Å². The summed E-state index contributed by atoms with van der Waals surface area (Å²) in [6, 6.07) is 1.12. The van der Waals surface area contributed by atoms with Gasteiger partial charge in [-0.1, -0.05) is 26.0 Å². The first-order valence-corrected chi connectivity index (χ1v) is 5.35. The van der Waals surface area contributed by atoms with E-state index in [4.69, 9.17) is 5.11 Å². The molecule has 1 aliphatic rings. The van der Waals surface area contributed by atoms with Crippen molar-refractivity contribution in [2.45, 2.75) is 45.2 Å². The average Bonchev–Trinajstić information content (AvgIpc) is 2.61. The Morgan fingerprint density at radius 3 is 2.54 bits per heavy atom. The van der Waals surface area contributed by atoms with Crippen molar-refractivity contribution in [1.82, 2.24) is 5.32 Å². The van der Waals surface area contributed by atoms with Gasteiger partial charge >= 0.3 is 0 Å². The molecule has 1 rings (SSSR count). The Morgan fingerprint density at radius 2 is 2.08 bits per heavy atom. The molecule has 0 saturated heterocycles. The highest BCUT2D eigenvalue weighted by Crippen LogP contribution is 2.18. The highest BCUT2D eigenvalue weighted by atomic mass is 16.3. The SMILES string of the molecule is CCC(CC)N[C@@H]1C=C[C@H](CO)C1. The summed E-state index contributed by atoms with van der Waals surface area (Å²) in [6.07, 6.45) is 7.75. The molecule has 0 aromatic heterocycles. The monoisotopic (exact) mass is 183 g/mol. The fourth-order valence-corrected chi connectivity index (χ4v) is 1.86. The molecule has 0 radical (unpaired) electrons. The van der Waals surface area contributed by atoms with Crippen molar-refractivity contribution in [3.05, 3.63) is 12.2 Å². The summed E-state index contributed by atoms with van der Waals surface area (Å²) in [5, 5.41) is 12.5. The fraction of sp³-hybridized carbons (Fsp3) is 0.818. The van der Waals surface area contributed by atoms with Gasteiger partial charge in [-0.25, -0.2) is 0 Å². The maximum absolute atomic E-state index is 8.95. The minimum Gasteiger partial charge on any atom is -0.396 e. The van der Waals surface area contributed by atoms with Crippen LogP contribution in [0.4, 0.5) is 0 Å². The summed E-state index contributed by atoms with van der Waals surface area (Å²) in [4.78, 5) is 0. The standard InChI is InChI=1S/C11H21NO/c1-3-10(4-2)12-11-6-5-9(7-11)8-13/h5-6,9-13H,3-4,7-8H2,1-2H3/t9-,11+/m0/s1. The van der Waals surface area contributed by atoms with E-state index >= 15 is 0 Å². The fourth-order valence-electron chi connectivity index (χ4n) is 1.86. The minimum absolute atomic E-state index is 0.289. The van der Waals surface area contributed by atoms with Crippen molar-refractivity contribution in [3.8, 4) is 0 Å². The van der Waals surface area contributed by atoms with E-state index in [1.54, 1.807) is 0 Å². The molecular formula is C11H21NO. The lowest BCUT2D eigenvalue weighted by Gasteiger charge is -2.20. The van der Waals surface area contributed by atoms with E-state index in [2.05, 4.69) is 31.3 Å². The van der Waals surface area contributed by atoms with E-state index in [1.165, 1.54) is 12.8 Å². The summed E-state index contributed by atoms with van der Waals surface area (Å²) >= 11 is 0. The van der Waals surface area contributed by atoms with Gasteiger partial charge in [0.25, 0.3) is 0 Å². The van der Waals surface area contributed by atoms with Gasteiger partial charge in [0.05, 0.1) is 0 Å². The van der Waals surface area contributed by atoms with Gasteiger partial charge in [0, 0.05) is 24.6 Å². The summed E-state index contributed by atoms with van der Waals surface area (Å²) in [6.45, 7) is 4.71. The van der Waals surface area contributed by atoms with Crippen LogP contribution >= 0.6 is 0 Å². The molecule has 0 heterocycles. The van der Waals surface area contributed by atoms with Gasteiger partial charge < -0.3 is 10.4 Å². The van der Waals surface area contributed by atoms with Crippen LogP contribution in [0, 0.1) is 5.92 Å². The Kier molecular flexibility index (Phi) is 4.46. The van der Waals surface area contributed by atoms with Crippen LogP contribution in [-0.2, 0) is 0 Å². The summed E-state index contributed by atoms with van der Waals surface area (Å²) in [7, 11) is 0. The minimum atomic E-state index is 0.289. The largest absolute Gasteiger partial charge is 0.396 e. The van der Waals surface area contributed by atoms with Crippen molar-refractivity contribution in [2.75, 3.05) is 6.61 Å². The molecule has 0 saturated carbocycles. The lowest BCUT2D eigenvalue weighted by atomic mass is 10.1. The van der Waals surface area contributed by atoms with Gasteiger partial charge in [-0.2, -0.15) is 0 Å². The van der Waals surface area contributed by atoms with Crippen LogP contribution in [0.3, 0.4) is 0 Å². The second kappa shape index (κ2) is 5.40. The third-order valence-electron chi connectivity index (χ3n) is 2.84. The van der Waals surface area contributed by atoms with Crippen LogP contribution < -0.4 is 5.32 Å². The van der Waals surface area contributed by atoms with E-state index in [9.17, 15) is 0 Å². The van der Waals surface area contributed by atoms with E-state index < -0.39 is 0 Å². The van der Waals surface area contributed by atoms with Crippen molar-refractivity contribution in [3.63, 3.8) is 0 Å². The molecule has 0 aliphatic heterocycles. The number of hydrogen-bond donors (Lipinski definition) is 2. The Morgan fingerprint density at radius 1 is 1.38 bits per heavy atom. The van der Waals surface area contributed by atoms with Crippen molar-refractivity contribution >= 4 is 0 Å². The predicted molar refractivity (Wildman–Crippen MR) is 55.6 cm³/mol. The van der Waals surface area contributed by atoms with Crippen molar-refractivity contribution in [2.24, 2.45) is 5.92 Å². The van der Waals surface area contributed by atoms with Gasteiger partial charge in [-0.3, -0.25) is 0 Å². The van der Waals surface area contributed by atoms with Gasteiger partial charge in [0.2, 0.25) is 0 Å². The Bertz CT molecular complexity index is 163. The quantitative estimate of drug-likeness (QED) is 0.636. The molecule has 0 aromatic carbocycles. The second-order valence-corrected chi connectivity index (χ2v) is 3.85. The molecule has 13 heavy (non-hydrogen) atoms. The second-order valence-electron chi connectivity index (χ2n) is 3.85. The molecule has 0 unspecified atom stereocenters. The Balaban J connectivity index is 2.27. The van der Waals surface area contributed by atoms with Crippen molar-refractivity contribution in [1.29, 1.82) is 0 Å². The molecule has 1 aliphatic carbocycles. The Labute approximate surface area is 81.0 Å². The molecule has 0 amide bonds. The normalized spacial score (nSPS) is 27.4. The zero-order valence-electron chi connectivity index (χ0n) is 8.66. The number of nitrogens with one attached hydrogen (secondary N) is 1. The van der Waals surface area contributed by atoms with E-state index in [0.29, 0.717) is 18.0 Å². The third-order valence-corrected chi connectivity index (χ3v) is 2.84. The lowest BCUT2D eigenvalue weighted by molar-refractivity contribution is 0.244. The summed E-state index contributed by atoms with van der Waals surface area (Å²) in [5.74, 6) is 0.381. The van der Waals surface area contributed by atoms with Crippen LogP contribution in [0.25, 0.3) is 0 Å². The molecule has 0 fully saturated rings. The average molecular weight is 183 g/mol. The molecule has 76 valence electrons. The highest BCUT2D eigenvalue weighted by molar-refractivity contribution is 5.06. The number of rotatable bonds is 5. The molecule has 0 bridgehead atoms. The van der Waals surface area contributed by atoms with Crippen LogP contribution in [0.5, 0.6) is 0 Å². The molecule has 0 aromatic rings. The van der Waals surface area contributed by atoms with E-state index in [1.807, 2.05) is 0 Å². The van der Waals surface area contributed by atoms with Crippen LogP contribution in [0.15, 0.2) is 12.2 Å². The predicted octanol–water partition coefficient (Wildman–Crippen LogP) is 1.70. The number of hydrogen-bond acceptors (Lipinski definition) is 2. The number of aliphatic hydroxyl groups is 1. The van der Waals surface area contributed by atoms with Crippen molar-refractivity contribution < 1.29 is 5.11 Å². The third kappa shape index (κ3) is 3.12. The number of aliphatic hydroxyl groups excluding tert-OH is 1. The molecule has 2 N–H and O–H groups in total. The first-order chi connectivity index (χ1) is 6.30. The zero-order valence-corrected chi connectivity index (χ0v) is 8.66. The van der Waals surface area contributed by atoms with E-state index in [-0.39, 0.29) is 6.61 Å². The van der Waals surface area contributed by atoms with Gasteiger partial charge in [0.1, 0.15) is 0 Å². The first kappa shape index (κ1) is 10.7. The maximum atomic E-state index is 8.95. The molecule has 0 spiro atoms. The van der Waals surface area contributed by atoms with Crippen LogP contribution in [-0.4, -0.2) is 23.8 Å². The van der Waals surface area contributed by atoms with E-state index in [0.717, 1.165) is 6.42 Å². The topological polar surface area (TPSA) is 32.3 Å². The van der Waals surface area contributed by atoms with Gasteiger partial charge in [-0.05, 0) is 19.3 Å². The summed E-state index contributed by atoms with van der Waals surface area (Å²) in [5.41, 5.74) is 0. The highest BCUT2D eigenvalue weighted by Gasteiger charge is 2.19. The maximum Gasteiger partial charge on any atom is 0.0494 e. The first-order valence-electron chi connectivity index (χ1n) is 5.35. The van der Waals surface area contributed by atoms with Gasteiger partial charge in [0.15, 0.2) is 0 Å². The molecule has 2 nitrogen and oxygen atoms in total. The van der Waals surface area contributed by atoms with Crippen LogP contribution in [0.1, 0.15) is 33.1 Å². The molecule has 2 atom stereocenters. The molecule has 2 heteroatoms. The Hall–Kier alpha value is -0.340. The summed E-state index contributed by atoms with van der Waals surface area (Å²) < 4.78 is 0. The van der Waals surface area contributed by atoms with Gasteiger partial charge in [-0.15, -0.1) is 0 Å². The lowest BCUT2D eigenvalue weighted by Crippen LogP contribution is -2.35. The smallest absolute Gasteiger partial charge is 0.0494 e. The zero-order chi connectivity index (χ0) is 9.68.